The van der Waals surface area contributed by atoms with E-state index in [1.54, 1.807) is 29.5 Å². The number of fused-ring (bicyclic) bond motifs is 1. The normalized spacial score (nSPS) is 16.4. The molecule has 0 fully saturated rings. The minimum Gasteiger partial charge on any atom is -0.491 e. The highest BCUT2D eigenvalue weighted by atomic mass is 32.1. The fraction of sp³-hybridized carbons (Fsp3) is 0.519. The third-order valence-corrected chi connectivity index (χ3v) is 7.03. The van der Waals surface area contributed by atoms with Crippen LogP contribution in [0.25, 0.3) is 0 Å². The van der Waals surface area contributed by atoms with Crippen LogP contribution in [0.15, 0.2) is 48.4 Å². The van der Waals surface area contributed by atoms with E-state index in [4.69, 9.17) is 9.47 Å². The summed E-state index contributed by atoms with van der Waals surface area (Å²) >= 11 is 1.70. The average molecular weight is 505 g/mol. The molecule has 1 aromatic carbocycles. The molecule has 8 heteroatoms. The van der Waals surface area contributed by atoms with Crippen LogP contribution in [-0.4, -0.2) is 72.9 Å². The molecule has 2 heterocycles. The zero-order chi connectivity index (χ0) is 25.2. The summed E-state index contributed by atoms with van der Waals surface area (Å²) in [6, 6.07) is 7.79. The highest BCUT2D eigenvalue weighted by molar-refractivity contribution is 7.10. The first-order chi connectivity index (χ1) is 16.9. The average Bonchev–Trinajstić information content (AvgIpc) is 3.31. The summed E-state index contributed by atoms with van der Waals surface area (Å²) in [5, 5.41) is 12.5. The van der Waals surface area contributed by atoms with Crippen LogP contribution in [-0.2, 0) is 16.0 Å². The number of carbonyl (C=O) groups is 1. The minimum absolute atomic E-state index is 0.0116. The number of benzene rings is 1. The Morgan fingerprint density at radius 1 is 1.34 bits per heavy atom. The smallest absolute Gasteiger partial charge is 0.237 e. The van der Waals surface area contributed by atoms with Gasteiger partial charge in [0.25, 0.3) is 0 Å². The third kappa shape index (κ3) is 8.42. The van der Waals surface area contributed by atoms with E-state index in [-0.39, 0.29) is 30.9 Å². The molecule has 1 aromatic heterocycles. The maximum Gasteiger partial charge on any atom is 0.237 e. The van der Waals surface area contributed by atoms with Gasteiger partial charge in [-0.1, -0.05) is 19.9 Å². The summed E-state index contributed by atoms with van der Waals surface area (Å²) in [7, 11) is 0. The molecule has 0 spiro atoms. The standard InChI is InChI=1S/C27H37FN2O4S/c1-4-14-33-18-22(31)16-29(12-9-20(2)3)17-27(32)30-13-10-26-24(11-15-35-26)25(30)19-34-23-7-5-21(28)6-8-23/h4-8,11,15,20,22,25,31H,1,9-10,12-14,16-19H2,2-3H3/t22-,25-/m0/s1. The highest BCUT2D eigenvalue weighted by Crippen LogP contribution is 2.34. The molecule has 3 rings (SSSR count). The van der Waals surface area contributed by atoms with Crippen LogP contribution >= 0.6 is 11.3 Å². The molecule has 6 nitrogen and oxygen atoms in total. The number of nitrogens with zero attached hydrogens (tertiary/aromatic N) is 2. The number of amides is 1. The lowest BCUT2D eigenvalue weighted by Crippen LogP contribution is -2.48. The molecule has 1 aliphatic rings. The number of rotatable bonds is 14. The first-order valence-electron chi connectivity index (χ1n) is 12.2. The molecule has 192 valence electrons. The Morgan fingerprint density at radius 2 is 2.11 bits per heavy atom. The zero-order valence-corrected chi connectivity index (χ0v) is 21.5. The second kappa shape index (κ2) is 13.7. The lowest BCUT2D eigenvalue weighted by molar-refractivity contribution is -0.136. The van der Waals surface area contributed by atoms with Gasteiger partial charge in [0.1, 0.15) is 18.2 Å². The van der Waals surface area contributed by atoms with Gasteiger partial charge in [0.15, 0.2) is 0 Å². The van der Waals surface area contributed by atoms with Gasteiger partial charge in [-0.15, -0.1) is 17.9 Å². The van der Waals surface area contributed by atoms with Gasteiger partial charge in [-0.3, -0.25) is 9.69 Å². The van der Waals surface area contributed by atoms with Crippen molar-refractivity contribution in [2.45, 2.75) is 38.8 Å². The number of halogens is 1. The second-order valence-corrected chi connectivity index (χ2v) is 10.3. The van der Waals surface area contributed by atoms with Gasteiger partial charge >= 0.3 is 0 Å². The molecule has 0 radical (unpaired) electrons. The van der Waals surface area contributed by atoms with Gasteiger partial charge in [0, 0.05) is 18.0 Å². The van der Waals surface area contributed by atoms with E-state index in [0.29, 0.717) is 38.0 Å². The summed E-state index contributed by atoms with van der Waals surface area (Å²) in [5.41, 5.74) is 1.11. The third-order valence-electron chi connectivity index (χ3n) is 6.03. The number of thiophene rings is 1. The van der Waals surface area contributed by atoms with Crippen LogP contribution in [0.1, 0.15) is 36.8 Å². The second-order valence-electron chi connectivity index (χ2n) is 9.31. The molecule has 0 aliphatic carbocycles. The van der Waals surface area contributed by atoms with Crippen LogP contribution in [0.5, 0.6) is 5.75 Å². The van der Waals surface area contributed by atoms with Crippen molar-refractivity contribution < 1.29 is 23.8 Å². The number of aliphatic hydroxyl groups is 1. The summed E-state index contributed by atoms with van der Waals surface area (Å²) in [4.78, 5) is 18.7. The summed E-state index contributed by atoms with van der Waals surface area (Å²) in [6.45, 7) is 10.7. The number of hydrogen-bond acceptors (Lipinski definition) is 6. The number of ether oxygens (including phenoxy) is 2. The maximum atomic E-state index is 13.5. The van der Waals surface area contributed by atoms with Gasteiger partial charge in [0.2, 0.25) is 5.91 Å². The molecule has 1 amide bonds. The van der Waals surface area contributed by atoms with E-state index in [0.717, 1.165) is 24.9 Å². The van der Waals surface area contributed by atoms with E-state index in [1.165, 1.54) is 17.0 Å². The highest BCUT2D eigenvalue weighted by Gasteiger charge is 2.33. The van der Waals surface area contributed by atoms with Gasteiger partial charge in [-0.05, 0) is 66.6 Å². The number of aliphatic hydroxyl groups excluding tert-OH is 1. The Balaban J connectivity index is 1.68. The van der Waals surface area contributed by atoms with E-state index >= 15 is 0 Å². The van der Waals surface area contributed by atoms with Crippen LogP contribution in [0.2, 0.25) is 0 Å². The summed E-state index contributed by atoms with van der Waals surface area (Å²) in [6.07, 6.45) is 2.71. The molecule has 1 N–H and O–H groups in total. The van der Waals surface area contributed by atoms with Crippen molar-refractivity contribution in [1.29, 1.82) is 0 Å². The summed E-state index contributed by atoms with van der Waals surface area (Å²) in [5.74, 6) is 0.757. The Morgan fingerprint density at radius 3 is 2.83 bits per heavy atom. The Hall–Kier alpha value is -2.26. The van der Waals surface area contributed by atoms with Crippen molar-refractivity contribution in [2.75, 3.05) is 46.0 Å². The first kappa shape index (κ1) is 27.3. The Bertz CT molecular complexity index is 934. The van der Waals surface area contributed by atoms with Crippen molar-refractivity contribution in [1.82, 2.24) is 9.80 Å². The van der Waals surface area contributed by atoms with Gasteiger partial charge in [-0.2, -0.15) is 0 Å². The Labute approximate surface area is 212 Å². The topological polar surface area (TPSA) is 62.2 Å². The molecule has 0 bridgehead atoms. The molecule has 1 aliphatic heterocycles. The predicted octanol–water partition coefficient (Wildman–Crippen LogP) is 4.30. The van der Waals surface area contributed by atoms with Crippen molar-refractivity contribution in [3.05, 3.63) is 64.6 Å². The Kier molecular flexibility index (Phi) is 10.7. The van der Waals surface area contributed by atoms with E-state index in [2.05, 4.69) is 31.9 Å². The van der Waals surface area contributed by atoms with Gasteiger partial charge in [0.05, 0.1) is 31.9 Å². The minimum atomic E-state index is -0.683. The largest absolute Gasteiger partial charge is 0.491 e. The lowest BCUT2D eigenvalue weighted by Gasteiger charge is -2.37. The molecule has 0 saturated heterocycles. The predicted molar refractivity (Wildman–Crippen MR) is 137 cm³/mol. The van der Waals surface area contributed by atoms with Crippen molar-refractivity contribution in [3.8, 4) is 5.75 Å². The number of hydrogen-bond donors (Lipinski definition) is 1. The molecule has 2 atom stereocenters. The zero-order valence-electron chi connectivity index (χ0n) is 20.7. The summed E-state index contributed by atoms with van der Waals surface area (Å²) < 4.78 is 24.6. The molecule has 2 aromatic rings. The SMILES string of the molecule is C=CCOC[C@@H](O)CN(CCC(C)C)CC(=O)N1CCc2sccc2[C@@H]1COc1ccc(F)cc1. The van der Waals surface area contributed by atoms with E-state index < -0.39 is 6.10 Å². The van der Waals surface area contributed by atoms with E-state index in [9.17, 15) is 14.3 Å². The molecule has 0 saturated carbocycles. The maximum absolute atomic E-state index is 13.5. The lowest BCUT2D eigenvalue weighted by atomic mass is 10.00. The molecular weight excluding hydrogens is 467 g/mol. The van der Waals surface area contributed by atoms with Crippen LogP contribution in [0.3, 0.4) is 0 Å². The van der Waals surface area contributed by atoms with Crippen LogP contribution in [0, 0.1) is 11.7 Å². The molecular formula is C27H37FN2O4S. The van der Waals surface area contributed by atoms with Crippen molar-refractivity contribution in [2.24, 2.45) is 5.92 Å². The van der Waals surface area contributed by atoms with Gasteiger partial charge in [-0.25, -0.2) is 4.39 Å². The number of carbonyl (C=O) groups excluding carboxylic acids is 1. The molecule has 35 heavy (non-hydrogen) atoms. The van der Waals surface area contributed by atoms with E-state index in [1.807, 2.05) is 9.80 Å². The van der Waals surface area contributed by atoms with Gasteiger partial charge < -0.3 is 19.5 Å². The van der Waals surface area contributed by atoms with Crippen molar-refractivity contribution >= 4 is 17.2 Å². The van der Waals surface area contributed by atoms with Crippen LogP contribution < -0.4 is 4.74 Å². The fourth-order valence-electron chi connectivity index (χ4n) is 4.18. The quantitative estimate of drug-likeness (QED) is 0.307. The fourth-order valence-corrected chi connectivity index (χ4v) is 5.10. The van der Waals surface area contributed by atoms with Crippen LogP contribution in [0.4, 0.5) is 4.39 Å². The monoisotopic (exact) mass is 504 g/mol. The van der Waals surface area contributed by atoms with Crippen molar-refractivity contribution in [3.63, 3.8) is 0 Å². The first-order valence-corrected chi connectivity index (χ1v) is 13.1. The molecule has 0 unspecified atom stereocenters.